The van der Waals surface area contributed by atoms with E-state index in [1.165, 1.54) is 18.7 Å². The van der Waals surface area contributed by atoms with Gasteiger partial charge in [0.05, 0.1) is 12.7 Å². The van der Waals surface area contributed by atoms with E-state index in [1.807, 2.05) is 38.2 Å². The van der Waals surface area contributed by atoms with Gasteiger partial charge in [-0.05, 0) is 38.0 Å². The predicted octanol–water partition coefficient (Wildman–Crippen LogP) is 2.72. The lowest BCUT2D eigenvalue weighted by Crippen LogP contribution is -2.45. The fraction of sp³-hybridized carbons (Fsp3) is 0.278. The van der Waals surface area contributed by atoms with Gasteiger partial charge in [0.25, 0.3) is 5.91 Å². The van der Waals surface area contributed by atoms with E-state index in [0.717, 1.165) is 22.2 Å². The summed E-state index contributed by atoms with van der Waals surface area (Å²) >= 11 is 0. The van der Waals surface area contributed by atoms with E-state index in [2.05, 4.69) is 20.3 Å². The number of carbonyl (C=O) groups is 1. The molecule has 2 N–H and O–H groups in total. The molecule has 0 aliphatic heterocycles. The highest BCUT2D eigenvalue weighted by Crippen LogP contribution is 2.26. The topological polar surface area (TPSA) is 79.9 Å². The van der Waals surface area contributed by atoms with Crippen LogP contribution in [0, 0.1) is 0 Å². The van der Waals surface area contributed by atoms with Gasteiger partial charge in [-0.3, -0.25) is 4.79 Å². The molecule has 2 heterocycles. The summed E-state index contributed by atoms with van der Waals surface area (Å²) < 4.78 is 5.25. The molecule has 0 unspecified atom stereocenters. The van der Waals surface area contributed by atoms with Gasteiger partial charge in [0.1, 0.15) is 12.1 Å². The highest BCUT2D eigenvalue weighted by Gasteiger charge is 2.23. The molecule has 0 atom stereocenters. The quantitative estimate of drug-likeness (QED) is 0.756. The average molecular weight is 324 g/mol. The van der Waals surface area contributed by atoms with Crippen molar-refractivity contribution in [2.24, 2.45) is 0 Å². The van der Waals surface area contributed by atoms with Crippen LogP contribution in [-0.4, -0.2) is 33.5 Å². The molecule has 0 bridgehead atoms. The van der Waals surface area contributed by atoms with Crippen LogP contribution in [0.15, 0.2) is 43.1 Å². The van der Waals surface area contributed by atoms with E-state index in [-0.39, 0.29) is 5.91 Å². The van der Waals surface area contributed by atoms with Crippen molar-refractivity contribution in [2.75, 3.05) is 7.11 Å². The summed E-state index contributed by atoms with van der Waals surface area (Å²) in [6, 6.07) is 5.93. The van der Waals surface area contributed by atoms with Crippen LogP contribution in [0.5, 0.6) is 5.75 Å². The van der Waals surface area contributed by atoms with E-state index in [0.29, 0.717) is 12.0 Å². The van der Waals surface area contributed by atoms with Crippen LogP contribution in [-0.2, 0) is 6.42 Å². The van der Waals surface area contributed by atoms with Gasteiger partial charge in [0.2, 0.25) is 0 Å². The normalized spacial score (nSPS) is 11.5. The zero-order valence-electron chi connectivity index (χ0n) is 14.0. The maximum Gasteiger partial charge on any atom is 0.254 e. The molecule has 0 aliphatic rings. The van der Waals surface area contributed by atoms with Crippen molar-refractivity contribution >= 4 is 16.8 Å². The number of fused-ring (bicyclic) bond motifs is 1. The number of hydrogen-bond donors (Lipinski definition) is 2. The molecule has 24 heavy (non-hydrogen) atoms. The first-order valence-corrected chi connectivity index (χ1v) is 7.70. The lowest BCUT2D eigenvalue weighted by Gasteiger charge is -2.26. The molecule has 1 aromatic carbocycles. The standard InChI is InChI=1S/C18H20N4O2/c1-18(2,22-17(23)13-8-19-11-20-9-13)7-12-10-21-16-6-14(24-3)4-5-15(12)16/h4-6,8-11,21H,7H2,1-3H3,(H,22,23). The third-order valence-electron chi connectivity index (χ3n) is 3.88. The Labute approximate surface area is 140 Å². The van der Waals surface area contributed by atoms with Gasteiger partial charge in [0.15, 0.2) is 0 Å². The van der Waals surface area contributed by atoms with Gasteiger partial charge in [-0.25, -0.2) is 9.97 Å². The summed E-state index contributed by atoms with van der Waals surface area (Å²) in [6.07, 6.45) is 7.09. The fourth-order valence-corrected chi connectivity index (χ4v) is 2.75. The minimum atomic E-state index is -0.415. The van der Waals surface area contributed by atoms with Gasteiger partial charge < -0.3 is 15.0 Å². The maximum atomic E-state index is 12.3. The number of rotatable bonds is 5. The van der Waals surface area contributed by atoms with Crippen molar-refractivity contribution in [2.45, 2.75) is 25.8 Å². The van der Waals surface area contributed by atoms with Crippen molar-refractivity contribution in [3.8, 4) is 5.75 Å². The monoisotopic (exact) mass is 324 g/mol. The number of carbonyl (C=O) groups excluding carboxylic acids is 1. The second-order valence-corrected chi connectivity index (χ2v) is 6.37. The number of aromatic amines is 1. The number of aromatic nitrogens is 3. The predicted molar refractivity (Wildman–Crippen MR) is 92.1 cm³/mol. The van der Waals surface area contributed by atoms with Crippen LogP contribution >= 0.6 is 0 Å². The molecule has 124 valence electrons. The number of methoxy groups -OCH3 is 1. The zero-order chi connectivity index (χ0) is 17.2. The molecule has 3 aromatic rings. The van der Waals surface area contributed by atoms with Crippen LogP contribution in [0.3, 0.4) is 0 Å². The van der Waals surface area contributed by atoms with Crippen LogP contribution in [0.1, 0.15) is 29.8 Å². The van der Waals surface area contributed by atoms with E-state index < -0.39 is 5.54 Å². The first-order valence-electron chi connectivity index (χ1n) is 7.70. The van der Waals surface area contributed by atoms with Crippen LogP contribution < -0.4 is 10.1 Å². The Hall–Kier alpha value is -2.89. The Morgan fingerprint density at radius 1 is 1.29 bits per heavy atom. The lowest BCUT2D eigenvalue weighted by atomic mass is 9.94. The average Bonchev–Trinajstić information content (AvgIpc) is 2.96. The largest absolute Gasteiger partial charge is 0.497 e. The second-order valence-electron chi connectivity index (χ2n) is 6.37. The van der Waals surface area contributed by atoms with Gasteiger partial charge in [-0.1, -0.05) is 0 Å². The molecule has 2 aromatic heterocycles. The molecule has 0 radical (unpaired) electrons. The Kier molecular flexibility index (Phi) is 4.20. The number of nitrogens with zero attached hydrogens (tertiary/aromatic N) is 2. The van der Waals surface area contributed by atoms with Crippen LogP contribution in [0.2, 0.25) is 0 Å². The Morgan fingerprint density at radius 3 is 2.75 bits per heavy atom. The number of benzene rings is 1. The van der Waals surface area contributed by atoms with Crippen LogP contribution in [0.4, 0.5) is 0 Å². The van der Waals surface area contributed by atoms with E-state index >= 15 is 0 Å². The Bertz CT molecular complexity index is 856. The summed E-state index contributed by atoms with van der Waals surface area (Å²) in [4.78, 5) is 23.3. The highest BCUT2D eigenvalue weighted by atomic mass is 16.5. The fourth-order valence-electron chi connectivity index (χ4n) is 2.75. The number of ether oxygens (including phenoxy) is 1. The SMILES string of the molecule is COc1ccc2c(CC(C)(C)NC(=O)c3cncnc3)c[nH]c2c1. The van der Waals surface area contributed by atoms with Crippen molar-refractivity contribution in [1.82, 2.24) is 20.3 Å². The molecular weight excluding hydrogens is 304 g/mol. The first-order chi connectivity index (χ1) is 11.5. The van der Waals surface area contributed by atoms with E-state index in [4.69, 9.17) is 4.74 Å². The summed E-state index contributed by atoms with van der Waals surface area (Å²) in [7, 11) is 1.65. The summed E-state index contributed by atoms with van der Waals surface area (Å²) in [5.74, 6) is 0.634. The smallest absolute Gasteiger partial charge is 0.254 e. The molecule has 0 fully saturated rings. The zero-order valence-corrected chi connectivity index (χ0v) is 14.0. The molecule has 0 saturated carbocycles. The van der Waals surface area contributed by atoms with Crippen LogP contribution in [0.25, 0.3) is 10.9 Å². The van der Waals surface area contributed by atoms with Crippen molar-refractivity contribution in [3.63, 3.8) is 0 Å². The maximum absolute atomic E-state index is 12.3. The minimum Gasteiger partial charge on any atom is -0.497 e. The second kappa shape index (κ2) is 6.31. The molecule has 6 heteroatoms. The molecule has 0 aliphatic carbocycles. The third-order valence-corrected chi connectivity index (χ3v) is 3.88. The summed E-state index contributed by atoms with van der Waals surface area (Å²) in [6.45, 7) is 3.99. The molecular formula is C18H20N4O2. The van der Waals surface area contributed by atoms with Crippen molar-refractivity contribution < 1.29 is 9.53 Å². The molecule has 0 saturated heterocycles. The summed E-state index contributed by atoms with van der Waals surface area (Å²) in [5, 5.41) is 4.17. The third kappa shape index (κ3) is 3.37. The first kappa shape index (κ1) is 16.0. The Balaban J connectivity index is 1.78. The van der Waals surface area contributed by atoms with Crippen molar-refractivity contribution in [1.29, 1.82) is 0 Å². The number of hydrogen-bond acceptors (Lipinski definition) is 4. The van der Waals surface area contributed by atoms with E-state index in [9.17, 15) is 4.79 Å². The van der Waals surface area contributed by atoms with Crippen molar-refractivity contribution in [3.05, 3.63) is 54.2 Å². The molecule has 1 amide bonds. The molecule has 3 rings (SSSR count). The molecule has 0 spiro atoms. The van der Waals surface area contributed by atoms with E-state index in [1.54, 1.807) is 7.11 Å². The van der Waals surface area contributed by atoms with Gasteiger partial charge in [-0.2, -0.15) is 0 Å². The van der Waals surface area contributed by atoms with Gasteiger partial charge >= 0.3 is 0 Å². The Morgan fingerprint density at radius 2 is 2.04 bits per heavy atom. The lowest BCUT2D eigenvalue weighted by molar-refractivity contribution is 0.0912. The minimum absolute atomic E-state index is 0.179. The number of nitrogens with one attached hydrogen (secondary N) is 2. The summed E-state index contributed by atoms with van der Waals surface area (Å²) in [5.41, 5.74) is 2.20. The highest BCUT2D eigenvalue weighted by molar-refractivity contribution is 5.94. The van der Waals surface area contributed by atoms with Gasteiger partial charge in [-0.15, -0.1) is 0 Å². The van der Waals surface area contributed by atoms with Gasteiger partial charge in [0, 0.05) is 41.1 Å². The number of amides is 1. The molecule has 6 nitrogen and oxygen atoms in total. The number of H-pyrrole nitrogens is 1.